The third-order valence-electron chi connectivity index (χ3n) is 5.53. The Kier molecular flexibility index (Phi) is 5.09. The van der Waals surface area contributed by atoms with Gasteiger partial charge in [-0.3, -0.25) is 0 Å². The van der Waals surface area contributed by atoms with Crippen LogP contribution >= 0.6 is 0 Å². The van der Waals surface area contributed by atoms with Gasteiger partial charge in [-0.05, 0) is 43.7 Å². The Hall–Kier alpha value is -0.910. The fourth-order valence-electron chi connectivity index (χ4n) is 3.96. The molecule has 2 saturated heterocycles. The van der Waals surface area contributed by atoms with Crippen LogP contribution < -0.4 is 0 Å². The first-order chi connectivity index (χ1) is 11.0. The summed E-state index contributed by atoms with van der Waals surface area (Å²) in [6.45, 7) is 3.04. The Morgan fingerprint density at radius 1 is 1.22 bits per heavy atom. The molecule has 0 spiro atoms. The molecule has 1 atom stereocenters. The lowest BCUT2D eigenvalue weighted by Gasteiger charge is -2.41. The summed E-state index contributed by atoms with van der Waals surface area (Å²) < 4.78 is 29.0. The van der Waals surface area contributed by atoms with Gasteiger partial charge in [-0.15, -0.1) is 0 Å². The number of methoxy groups -OCH3 is 1. The van der Waals surface area contributed by atoms with Crippen molar-refractivity contribution < 1.29 is 13.2 Å². The Morgan fingerprint density at radius 2 is 1.91 bits per heavy atom. The highest BCUT2D eigenvalue weighted by Crippen LogP contribution is 2.36. The highest BCUT2D eigenvalue weighted by Gasteiger charge is 2.36. The number of hydrogen-bond acceptors (Lipinski definition) is 4. The summed E-state index contributed by atoms with van der Waals surface area (Å²) in [5.74, 6) is 1.15. The van der Waals surface area contributed by atoms with Crippen LogP contribution in [-0.4, -0.2) is 51.6 Å². The largest absolute Gasteiger partial charge is 0.373 e. The molecule has 2 aliphatic heterocycles. The van der Waals surface area contributed by atoms with E-state index in [9.17, 15) is 8.42 Å². The van der Waals surface area contributed by atoms with Gasteiger partial charge < -0.3 is 9.64 Å². The molecular formula is C18H27NO3S. The molecule has 4 nitrogen and oxygen atoms in total. The third kappa shape index (κ3) is 3.95. The zero-order chi connectivity index (χ0) is 16.3. The van der Waals surface area contributed by atoms with Gasteiger partial charge in [-0.2, -0.15) is 0 Å². The molecule has 1 aromatic carbocycles. The molecule has 0 bridgehead atoms. The number of piperidine rings is 1. The molecule has 128 valence electrons. The van der Waals surface area contributed by atoms with Gasteiger partial charge in [0, 0.05) is 20.2 Å². The van der Waals surface area contributed by atoms with Gasteiger partial charge in [-0.1, -0.05) is 30.3 Å². The van der Waals surface area contributed by atoms with E-state index in [0.717, 1.165) is 45.3 Å². The third-order valence-corrected chi connectivity index (χ3v) is 7.37. The molecule has 2 heterocycles. The van der Waals surface area contributed by atoms with Gasteiger partial charge in [-0.25, -0.2) is 8.42 Å². The quantitative estimate of drug-likeness (QED) is 0.828. The fourth-order valence-corrected chi connectivity index (χ4v) is 5.87. The average molecular weight is 337 g/mol. The molecule has 0 N–H and O–H groups in total. The Morgan fingerprint density at radius 3 is 2.48 bits per heavy atom. The first-order valence-electron chi connectivity index (χ1n) is 8.56. The number of likely N-dealkylation sites (tertiary alicyclic amines) is 1. The van der Waals surface area contributed by atoms with Crippen LogP contribution in [-0.2, 0) is 20.2 Å². The van der Waals surface area contributed by atoms with Crippen molar-refractivity contribution in [2.75, 3.05) is 38.2 Å². The summed E-state index contributed by atoms with van der Waals surface area (Å²) in [7, 11) is -0.934. The predicted molar refractivity (Wildman–Crippen MR) is 92.2 cm³/mol. The van der Waals surface area contributed by atoms with Crippen LogP contribution in [0.1, 0.15) is 31.2 Å². The molecular weight excluding hydrogens is 310 g/mol. The maximum Gasteiger partial charge on any atom is 0.150 e. The van der Waals surface area contributed by atoms with Crippen LogP contribution in [0.15, 0.2) is 30.3 Å². The minimum atomic E-state index is -2.75. The van der Waals surface area contributed by atoms with E-state index in [0.29, 0.717) is 17.4 Å². The van der Waals surface area contributed by atoms with E-state index in [4.69, 9.17) is 4.74 Å². The lowest BCUT2D eigenvalue weighted by molar-refractivity contribution is -0.0628. The van der Waals surface area contributed by atoms with E-state index in [1.807, 2.05) is 13.2 Å². The van der Waals surface area contributed by atoms with Crippen molar-refractivity contribution in [3.63, 3.8) is 0 Å². The van der Waals surface area contributed by atoms with Crippen molar-refractivity contribution in [2.45, 2.75) is 31.3 Å². The van der Waals surface area contributed by atoms with Crippen molar-refractivity contribution in [2.24, 2.45) is 5.92 Å². The predicted octanol–water partition coefficient (Wildman–Crippen LogP) is 2.45. The molecule has 0 aromatic heterocycles. The molecule has 1 unspecified atom stereocenters. The lowest BCUT2D eigenvalue weighted by Crippen LogP contribution is -2.44. The van der Waals surface area contributed by atoms with Gasteiger partial charge in [0.2, 0.25) is 0 Å². The highest BCUT2D eigenvalue weighted by atomic mass is 32.2. The number of ether oxygens (including phenoxy) is 1. The second kappa shape index (κ2) is 6.91. The van der Waals surface area contributed by atoms with E-state index >= 15 is 0 Å². The topological polar surface area (TPSA) is 46.6 Å². The van der Waals surface area contributed by atoms with Crippen molar-refractivity contribution in [3.8, 4) is 0 Å². The van der Waals surface area contributed by atoms with Gasteiger partial charge in [0.05, 0.1) is 17.1 Å². The minimum Gasteiger partial charge on any atom is -0.373 e. The van der Waals surface area contributed by atoms with Crippen molar-refractivity contribution in [3.05, 3.63) is 35.9 Å². The highest BCUT2D eigenvalue weighted by molar-refractivity contribution is 7.91. The monoisotopic (exact) mass is 337 g/mol. The zero-order valence-corrected chi connectivity index (χ0v) is 14.7. The van der Waals surface area contributed by atoms with Crippen LogP contribution in [0.25, 0.3) is 0 Å². The molecule has 3 rings (SSSR count). The normalized spacial score (nSPS) is 27.1. The summed E-state index contributed by atoms with van der Waals surface area (Å²) in [6.07, 6.45) is 3.85. The van der Waals surface area contributed by atoms with Crippen molar-refractivity contribution >= 4 is 9.84 Å². The average Bonchev–Trinajstić information content (AvgIpc) is 2.93. The number of hydrogen-bond donors (Lipinski definition) is 0. The molecule has 0 radical (unpaired) electrons. The number of nitrogens with zero attached hydrogens (tertiary/aromatic N) is 1. The first-order valence-corrected chi connectivity index (χ1v) is 10.4. The standard InChI is InChI=1S/C18H27NO3S/c1-22-18(17-5-3-2-4-6-17)9-12-19(13-10-18)11-7-16-8-14-23(20,21)15-16/h2-6,16H,7-15H2,1H3. The van der Waals surface area contributed by atoms with E-state index in [1.54, 1.807) is 0 Å². The second-order valence-electron chi connectivity index (χ2n) is 6.96. The SMILES string of the molecule is COC1(c2ccccc2)CCN(CCC2CCS(=O)(=O)C2)CC1. The Labute approximate surface area is 139 Å². The van der Waals surface area contributed by atoms with Crippen LogP contribution in [0.3, 0.4) is 0 Å². The van der Waals surface area contributed by atoms with Crippen LogP contribution in [0.4, 0.5) is 0 Å². The summed E-state index contributed by atoms with van der Waals surface area (Å²) >= 11 is 0. The maximum absolute atomic E-state index is 11.5. The fraction of sp³-hybridized carbons (Fsp3) is 0.667. The van der Waals surface area contributed by atoms with Crippen molar-refractivity contribution in [1.82, 2.24) is 4.90 Å². The van der Waals surface area contributed by atoms with Crippen molar-refractivity contribution in [1.29, 1.82) is 0 Å². The van der Waals surface area contributed by atoms with Gasteiger partial charge in [0.25, 0.3) is 0 Å². The molecule has 1 aromatic rings. The summed E-state index contributed by atoms with van der Waals surface area (Å²) in [6, 6.07) is 10.5. The lowest BCUT2D eigenvalue weighted by atomic mass is 9.84. The molecule has 23 heavy (non-hydrogen) atoms. The number of rotatable bonds is 5. The molecule has 0 saturated carbocycles. The van der Waals surface area contributed by atoms with E-state index in [1.165, 1.54) is 5.56 Å². The van der Waals surface area contributed by atoms with E-state index in [2.05, 4.69) is 29.2 Å². The second-order valence-corrected chi connectivity index (χ2v) is 9.19. The summed E-state index contributed by atoms with van der Waals surface area (Å²) in [5, 5.41) is 0. The van der Waals surface area contributed by atoms with Gasteiger partial charge in [0.1, 0.15) is 0 Å². The van der Waals surface area contributed by atoms with Crippen LogP contribution in [0.2, 0.25) is 0 Å². The number of sulfone groups is 1. The van der Waals surface area contributed by atoms with E-state index < -0.39 is 9.84 Å². The number of benzene rings is 1. The maximum atomic E-state index is 11.5. The Bertz CT molecular complexity index is 606. The van der Waals surface area contributed by atoms with E-state index in [-0.39, 0.29) is 5.60 Å². The molecule has 2 fully saturated rings. The summed E-state index contributed by atoms with van der Waals surface area (Å²) in [4.78, 5) is 2.46. The van der Waals surface area contributed by atoms with Gasteiger partial charge in [0.15, 0.2) is 9.84 Å². The Balaban J connectivity index is 1.52. The molecule has 5 heteroatoms. The summed E-state index contributed by atoms with van der Waals surface area (Å²) in [5.41, 5.74) is 1.11. The van der Waals surface area contributed by atoms with Crippen LogP contribution in [0, 0.1) is 5.92 Å². The van der Waals surface area contributed by atoms with Crippen LogP contribution in [0.5, 0.6) is 0 Å². The molecule has 2 aliphatic rings. The van der Waals surface area contributed by atoms with Gasteiger partial charge >= 0.3 is 0 Å². The molecule has 0 amide bonds. The molecule has 0 aliphatic carbocycles. The zero-order valence-electron chi connectivity index (χ0n) is 13.9. The smallest absolute Gasteiger partial charge is 0.150 e. The minimum absolute atomic E-state index is 0.158. The first kappa shape index (κ1) is 16.9.